The molecule has 0 unspecified atom stereocenters. The van der Waals surface area contributed by atoms with Crippen LogP contribution in [0, 0.1) is 0 Å². The standard InChI is InChI=1S/C13H16N4O2/c1-9(18)16-4-6-17(7-5-16)10-2-3-11-12(8-10)15-13(19)14-11/h2-3,8H,4-7H2,1H3,(H2,14,15,19). The van der Waals surface area contributed by atoms with Crippen molar-refractivity contribution in [2.45, 2.75) is 6.92 Å². The Bertz CT molecular complexity index is 665. The number of benzene rings is 1. The second kappa shape index (κ2) is 4.46. The summed E-state index contributed by atoms with van der Waals surface area (Å²) in [5.41, 5.74) is 2.52. The van der Waals surface area contributed by atoms with E-state index < -0.39 is 0 Å². The van der Waals surface area contributed by atoms with Gasteiger partial charge in [-0.05, 0) is 18.2 Å². The largest absolute Gasteiger partial charge is 0.368 e. The number of nitrogens with one attached hydrogen (secondary N) is 2. The van der Waals surface area contributed by atoms with Gasteiger partial charge in [0.15, 0.2) is 0 Å². The van der Waals surface area contributed by atoms with Crippen molar-refractivity contribution in [1.82, 2.24) is 14.9 Å². The Morgan fingerprint density at radius 2 is 1.79 bits per heavy atom. The molecule has 1 aliphatic rings. The van der Waals surface area contributed by atoms with Gasteiger partial charge in [0.1, 0.15) is 0 Å². The van der Waals surface area contributed by atoms with Crippen LogP contribution in [-0.4, -0.2) is 47.0 Å². The molecule has 2 N–H and O–H groups in total. The fourth-order valence-electron chi connectivity index (χ4n) is 2.50. The van der Waals surface area contributed by atoms with Crippen molar-refractivity contribution >= 4 is 22.6 Å². The molecule has 19 heavy (non-hydrogen) atoms. The number of nitrogens with zero attached hydrogens (tertiary/aromatic N) is 2. The van der Waals surface area contributed by atoms with Gasteiger partial charge in [-0.2, -0.15) is 0 Å². The Balaban J connectivity index is 1.81. The fraction of sp³-hybridized carbons (Fsp3) is 0.385. The third-order valence-electron chi connectivity index (χ3n) is 3.59. The summed E-state index contributed by atoms with van der Waals surface area (Å²) in [6.45, 7) is 4.74. The molecule has 1 fully saturated rings. The van der Waals surface area contributed by atoms with Gasteiger partial charge in [-0.3, -0.25) is 4.79 Å². The van der Waals surface area contributed by atoms with E-state index in [9.17, 15) is 9.59 Å². The summed E-state index contributed by atoms with van der Waals surface area (Å²) in [6, 6.07) is 5.87. The SMILES string of the molecule is CC(=O)N1CCN(c2ccc3[nH]c(=O)[nH]c3c2)CC1. The number of piperazine rings is 1. The molecule has 0 spiro atoms. The molecule has 0 atom stereocenters. The van der Waals surface area contributed by atoms with Crippen molar-refractivity contribution in [3.8, 4) is 0 Å². The number of hydrogen-bond acceptors (Lipinski definition) is 3. The first kappa shape index (κ1) is 11.8. The maximum atomic E-state index is 11.3. The quantitative estimate of drug-likeness (QED) is 0.785. The third-order valence-corrected chi connectivity index (χ3v) is 3.59. The molecule has 1 saturated heterocycles. The maximum Gasteiger partial charge on any atom is 0.323 e. The number of hydrogen-bond donors (Lipinski definition) is 2. The van der Waals surface area contributed by atoms with Crippen LogP contribution in [0.3, 0.4) is 0 Å². The van der Waals surface area contributed by atoms with Crippen molar-refractivity contribution < 1.29 is 4.79 Å². The van der Waals surface area contributed by atoms with E-state index in [2.05, 4.69) is 14.9 Å². The maximum absolute atomic E-state index is 11.3. The predicted molar refractivity (Wildman–Crippen MR) is 73.4 cm³/mol. The van der Waals surface area contributed by atoms with E-state index in [1.165, 1.54) is 0 Å². The molecule has 3 rings (SSSR count). The minimum Gasteiger partial charge on any atom is -0.368 e. The summed E-state index contributed by atoms with van der Waals surface area (Å²) in [5, 5.41) is 0. The van der Waals surface area contributed by atoms with Gasteiger partial charge in [-0.25, -0.2) is 4.79 Å². The van der Waals surface area contributed by atoms with E-state index >= 15 is 0 Å². The van der Waals surface area contributed by atoms with Crippen LogP contribution >= 0.6 is 0 Å². The third kappa shape index (κ3) is 2.21. The number of H-pyrrole nitrogens is 2. The van der Waals surface area contributed by atoms with Crippen molar-refractivity contribution in [2.75, 3.05) is 31.1 Å². The van der Waals surface area contributed by atoms with Crippen LogP contribution in [0.1, 0.15) is 6.92 Å². The average Bonchev–Trinajstić information content (AvgIpc) is 2.77. The lowest BCUT2D eigenvalue weighted by molar-refractivity contribution is -0.129. The molecular formula is C13H16N4O2. The van der Waals surface area contributed by atoms with E-state index in [0.717, 1.165) is 42.9 Å². The molecule has 0 bridgehead atoms. The number of fused-ring (bicyclic) bond motifs is 1. The monoisotopic (exact) mass is 260 g/mol. The molecule has 1 aromatic heterocycles. The number of imidazole rings is 1. The molecule has 6 heteroatoms. The van der Waals surface area contributed by atoms with E-state index in [4.69, 9.17) is 0 Å². The van der Waals surface area contributed by atoms with Gasteiger partial charge in [0, 0.05) is 38.8 Å². The van der Waals surface area contributed by atoms with Crippen molar-refractivity contribution in [2.24, 2.45) is 0 Å². The number of aromatic amines is 2. The lowest BCUT2D eigenvalue weighted by Gasteiger charge is -2.35. The van der Waals surface area contributed by atoms with Gasteiger partial charge < -0.3 is 19.8 Å². The molecule has 6 nitrogen and oxygen atoms in total. The number of carbonyl (C=O) groups excluding carboxylic acids is 1. The summed E-state index contributed by atoms with van der Waals surface area (Å²) in [7, 11) is 0. The Morgan fingerprint density at radius 1 is 1.11 bits per heavy atom. The minimum atomic E-state index is -0.187. The average molecular weight is 260 g/mol. The Morgan fingerprint density at radius 3 is 2.47 bits per heavy atom. The van der Waals surface area contributed by atoms with Gasteiger partial charge >= 0.3 is 5.69 Å². The highest BCUT2D eigenvalue weighted by Crippen LogP contribution is 2.20. The van der Waals surface area contributed by atoms with Gasteiger partial charge in [-0.1, -0.05) is 0 Å². The van der Waals surface area contributed by atoms with E-state index in [1.54, 1.807) is 6.92 Å². The molecule has 0 aliphatic carbocycles. The molecule has 0 saturated carbocycles. The highest BCUT2D eigenvalue weighted by atomic mass is 16.2. The molecule has 1 aromatic carbocycles. The highest BCUT2D eigenvalue weighted by molar-refractivity contribution is 5.79. The second-order valence-corrected chi connectivity index (χ2v) is 4.80. The van der Waals surface area contributed by atoms with Crippen LogP contribution < -0.4 is 10.6 Å². The summed E-state index contributed by atoms with van der Waals surface area (Å²) in [5.74, 6) is 0.130. The Labute approximate surface area is 110 Å². The van der Waals surface area contributed by atoms with Crippen LogP contribution in [0.25, 0.3) is 11.0 Å². The van der Waals surface area contributed by atoms with Crippen molar-refractivity contribution in [3.63, 3.8) is 0 Å². The van der Waals surface area contributed by atoms with E-state index in [0.29, 0.717) is 0 Å². The first-order valence-electron chi connectivity index (χ1n) is 6.36. The number of anilines is 1. The molecule has 1 amide bonds. The zero-order chi connectivity index (χ0) is 13.4. The number of rotatable bonds is 1. The lowest BCUT2D eigenvalue weighted by Crippen LogP contribution is -2.48. The van der Waals surface area contributed by atoms with Crippen LogP contribution in [0.5, 0.6) is 0 Å². The van der Waals surface area contributed by atoms with Crippen molar-refractivity contribution in [3.05, 3.63) is 28.7 Å². The lowest BCUT2D eigenvalue weighted by atomic mass is 10.2. The number of amides is 1. The second-order valence-electron chi connectivity index (χ2n) is 4.80. The van der Waals surface area contributed by atoms with Crippen molar-refractivity contribution in [1.29, 1.82) is 0 Å². The highest BCUT2D eigenvalue weighted by Gasteiger charge is 2.18. The predicted octanol–water partition coefficient (Wildman–Crippen LogP) is 0.525. The van der Waals surface area contributed by atoms with Gasteiger partial charge in [0.25, 0.3) is 0 Å². The first-order chi connectivity index (χ1) is 9.13. The summed E-state index contributed by atoms with van der Waals surface area (Å²) < 4.78 is 0. The molecule has 2 heterocycles. The molecular weight excluding hydrogens is 244 g/mol. The summed E-state index contributed by atoms with van der Waals surface area (Å²) in [4.78, 5) is 32.1. The first-order valence-corrected chi connectivity index (χ1v) is 6.36. The Kier molecular flexibility index (Phi) is 2.77. The van der Waals surface area contributed by atoms with E-state index in [1.807, 2.05) is 23.1 Å². The smallest absolute Gasteiger partial charge is 0.323 e. The van der Waals surface area contributed by atoms with Crippen LogP contribution in [0.2, 0.25) is 0 Å². The Hall–Kier alpha value is -2.24. The van der Waals surface area contributed by atoms with Crippen LogP contribution in [0.4, 0.5) is 5.69 Å². The minimum absolute atomic E-state index is 0.130. The number of carbonyl (C=O) groups is 1. The fourth-order valence-corrected chi connectivity index (χ4v) is 2.50. The normalized spacial score (nSPS) is 16.1. The van der Waals surface area contributed by atoms with Crippen LogP contribution in [-0.2, 0) is 4.79 Å². The molecule has 100 valence electrons. The zero-order valence-electron chi connectivity index (χ0n) is 10.8. The topological polar surface area (TPSA) is 72.2 Å². The van der Waals surface area contributed by atoms with Gasteiger partial charge in [0.2, 0.25) is 5.91 Å². The van der Waals surface area contributed by atoms with Gasteiger partial charge in [0.05, 0.1) is 11.0 Å². The van der Waals surface area contributed by atoms with Crippen LogP contribution in [0.15, 0.2) is 23.0 Å². The summed E-state index contributed by atoms with van der Waals surface area (Å²) >= 11 is 0. The van der Waals surface area contributed by atoms with Gasteiger partial charge in [-0.15, -0.1) is 0 Å². The molecule has 1 aliphatic heterocycles. The summed E-state index contributed by atoms with van der Waals surface area (Å²) in [6.07, 6.45) is 0. The molecule has 2 aromatic rings. The van der Waals surface area contributed by atoms with E-state index in [-0.39, 0.29) is 11.6 Å². The zero-order valence-corrected chi connectivity index (χ0v) is 10.8. The molecule has 0 radical (unpaired) electrons. The number of aromatic nitrogens is 2.